The van der Waals surface area contributed by atoms with Crippen molar-refractivity contribution in [2.75, 3.05) is 6.61 Å². The first-order valence-electron chi connectivity index (χ1n) is 6.17. The predicted molar refractivity (Wildman–Crippen MR) is 77.4 cm³/mol. The second-order valence-corrected chi connectivity index (χ2v) is 5.66. The van der Waals surface area contributed by atoms with E-state index in [9.17, 15) is 0 Å². The molecule has 18 heavy (non-hydrogen) atoms. The van der Waals surface area contributed by atoms with Gasteiger partial charge in [0.05, 0.1) is 12.6 Å². The molecule has 2 aromatic rings. The fourth-order valence-electron chi connectivity index (χ4n) is 1.86. The van der Waals surface area contributed by atoms with Gasteiger partial charge in [0.15, 0.2) is 0 Å². The van der Waals surface area contributed by atoms with Crippen LogP contribution >= 0.6 is 11.3 Å². The van der Waals surface area contributed by atoms with E-state index >= 15 is 0 Å². The lowest BCUT2D eigenvalue weighted by molar-refractivity contribution is 0.340. The Kier molecular flexibility index (Phi) is 4.04. The number of aryl methyl sites for hydroxylation is 2. The van der Waals surface area contributed by atoms with Crippen LogP contribution in [-0.2, 0) is 0 Å². The van der Waals surface area contributed by atoms with E-state index in [4.69, 9.17) is 10.5 Å². The highest BCUT2D eigenvalue weighted by Gasteiger charge is 2.12. The van der Waals surface area contributed by atoms with Crippen molar-refractivity contribution < 1.29 is 4.74 Å². The van der Waals surface area contributed by atoms with Crippen LogP contribution in [0.4, 0.5) is 0 Å². The lowest BCUT2D eigenvalue weighted by Gasteiger charge is -2.11. The fraction of sp³-hybridized carbons (Fsp3) is 0.333. The van der Waals surface area contributed by atoms with Crippen molar-refractivity contribution in [3.05, 3.63) is 51.2 Å². The van der Waals surface area contributed by atoms with Gasteiger partial charge >= 0.3 is 0 Å². The summed E-state index contributed by atoms with van der Waals surface area (Å²) in [4.78, 5) is 2.56. The van der Waals surface area contributed by atoms with Gasteiger partial charge in [0.1, 0.15) is 5.75 Å². The monoisotopic (exact) mass is 261 g/mol. The van der Waals surface area contributed by atoms with Gasteiger partial charge in [-0.25, -0.2) is 0 Å². The lowest BCUT2D eigenvalue weighted by atomic mass is 10.1. The average molecular weight is 261 g/mol. The summed E-state index contributed by atoms with van der Waals surface area (Å²) in [7, 11) is 0. The van der Waals surface area contributed by atoms with E-state index in [0.717, 1.165) is 11.3 Å². The number of hydrogen-bond acceptors (Lipinski definition) is 3. The number of ether oxygens (including phenoxy) is 1. The minimum Gasteiger partial charge on any atom is -0.494 e. The fourth-order valence-corrected chi connectivity index (χ4v) is 2.93. The summed E-state index contributed by atoms with van der Waals surface area (Å²) in [6.45, 7) is 6.93. The molecule has 1 unspecified atom stereocenters. The number of benzene rings is 1. The molecule has 0 radical (unpaired) electrons. The maximum Gasteiger partial charge on any atom is 0.119 e. The van der Waals surface area contributed by atoms with Crippen LogP contribution in [0.2, 0.25) is 0 Å². The van der Waals surface area contributed by atoms with Crippen molar-refractivity contribution in [2.24, 2.45) is 5.73 Å². The van der Waals surface area contributed by atoms with Gasteiger partial charge in [-0.1, -0.05) is 12.1 Å². The van der Waals surface area contributed by atoms with Crippen molar-refractivity contribution in [3.8, 4) is 5.75 Å². The number of hydrogen-bond donors (Lipinski definition) is 1. The van der Waals surface area contributed by atoms with Gasteiger partial charge in [0, 0.05) is 9.75 Å². The van der Waals surface area contributed by atoms with Crippen LogP contribution in [0.25, 0.3) is 0 Å². The molecular formula is C15H19NOS. The number of rotatable bonds is 4. The summed E-state index contributed by atoms with van der Waals surface area (Å²) in [5, 5.41) is 0. The van der Waals surface area contributed by atoms with Gasteiger partial charge in [-0.3, -0.25) is 0 Å². The standard InChI is InChI=1S/C15H19NOS/c1-4-17-13-7-5-12(6-8-13)15(16)14-9-10(2)11(3)18-14/h5-9,15H,4,16H2,1-3H3. The van der Waals surface area contributed by atoms with E-state index in [0.29, 0.717) is 6.61 Å². The van der Waals surface area contributed by atoms with E-state index in [1.54, 1.807) is 11.3 Å². The Morgan fingerprint density at radius 3 is 2.39 bits per heavy atom. The molecule has 96 valence electrons. The molecule has 0 bridgehead atoms. The van der Waals surface area contributed by atoms with Crippen LogP contribution in [0.5, 0.6) is 5.75 Å². The molecule has 0 saturated carbocycles. The summed E-state index contributed by atoms with van der Waals surface area (Å²) >= 11 is 1.78. The molecule has 0 saturated heterocycles. The smallest absolute Gasteiger partial charge is 0.119 e. The molecule has 1 aromatic heterocycles. The second-order valence-electron chi connectivity index (χ2n) is 4.37. The molecule has 0 spiro atoms. The van der Waals surface area contributed by atoms with Gasteiger partial charge < -0.3 is 10.5 Å². The highest BCUT2D eigenvalue weighted by atomic mass is 32.1. The molecule has 0 amide bonds. The Balaban J connectivity index is 2.20. The highest BCUT2D eigenvalue weighted by molar-refractivity contribution is 7.12. The minimum absolute atomic E-state index is 0.0434. The van der Waals surface area contributed by atoms with E-state index in [-0.39, 0.29) is 6.04 Å². The normalized spacial score (nSPS) is 12.4. The van der Waals surface area contributed by atoms with Crippen molar-refractivity contribution >= 4 is 11.3 Å². The maximum absolute atomic E-state index is 6.29. The quantitative estimate of drug-likeness (QED) is 0.908. The number of thiophene rings is 1. The summed E-state index contributed by atoms with van der Waals surface area (Å²) in [5.41, 5.74) is 8.73. The van der Waals surface area contributed by atoms with E-state index in [1.807, 2.05) is 31.2 Å². The van der Waals surface area contributed by atoms with Crippen LogP contribution in [0.15, 0.2) is 30.3 Å². The summed E-state index contributed by atoms with van der Waals surface area (Å²) in [6, 6.07) is 10.2. The Hall–Kier alpha value is -1.32. The average Bonchev–Trinajstić information content (AvgIpc) is 2.70. The van der Waals surface area contributed by atoms with Crippen molar-refractivity contribution in [1.82, 2.24) is 0 Å². The van der Waals surface area contributed by atoms with E-state index in [2.05, 4.69) is 19.9 Å². The molecule has 1 heterocycles. The molecule has 2 nitrogen and oxygen atoms in total. The summed E-state index contributed by atoms with van der Waals surface area (Å²) in [5.74, 6) is 0.895. The first kappa shape index (κ1) is 13.1. The zero-order valence-corrected chi connectivity index (χ0v) is 11.9. The van der Waals surface area contributed by atoms with E-state index < -0.39 is 0 Å². The topological polar surface area (TPSA) is 35.2 Å². The molecule has 3 heteroatoms. The Labute approximate surface area is 112 Å². The summed E-state index contributed by atoms with van der Waals surface area (Å²) in [6.07, 6.45) is 0. The second kappa shape index (κ2) is 5.55. The molecule has 0 aliphatic heterocycles. The molecule has 2 N–H and O–H groups in total. The third-order valence-corrected chi connectivity index (χ3v) is 4.28. The van der Waals surface area contributed by atoms with Crippen molar-refractivity contribution in [2.45, 2.75) is 26.8 Å². The predicted octanol–water partition coefficient (Wildman–Crippen LogP) is 3.81. The van der Waals surface area contributed by atoms with Gasteiger partial charge in [-0.15, -0.1) is 11.3 Å². The van der Waals surface area contributed by atoms with Gasteiger partial charge in [0.2, 0.25) is 0 Å². The first-order chi connectivity index (χ1) is 8.61. The van der Waals surface area contributed by atoms with Crippen molar-refractivity contribution in [1.29, 1.82) is 0 Å². The van der Waals surface area contributed by atoms with E-state index in [1.165, 1.54) is 15.3 Å². The molecular weight excluding hydrogens is 242 g/mol. The number of nitrogens with two attached hydrogens (primary N) is 1. The lowest BCUT2D eigenvalue weighted by Crippen LogP contribution is -2.10. The molecule has 0 aliphatic rings. The SMILES string of the molecule is CCOc1ccc(C(N)c2cc(C)c(C)s2)cc1. The Bertz CT molecular complexity index is 496. The zero-order valence-electron chi connectivity index (χ0n) is 11.1. The van der Waals surface area contributed by atoms with Crippen LogP contribution in [0.3, 0.4) is 0 Å². The molecule has 1 aromatic carbocycles. The van der Waals surface area contributed by atoms with Crippen LogP contribution in [-0.4, -0.2) is 6.61 Å². The third-order valence-electron chi connectivity index (χ3n) is 3.04. The molecule has 1 atom stereocenters. The van der Waals surface area contributed by atoms with Gasteiger partial charge in [-0.2, -0.15) is 0 Å². The minimum atomic E-state index is -0.0434. The first-order valence-corrected chi connectivity index (χ1v) is 6.98. The summed E-state index contributed by atoms with van der Waals surface area (Å²) < 4.78 is 5.43. The van der Waals surface area contributed by atoms with Crippen LogP contribution in [0.1, 0.15) is 33.8 Å². The molecule has 2 rings (SSSR count). The highest BCUT2D eigenvalue weighted by Crippen LogP contribution is 2.29. The zero-order chi connectivity index (χ0) is 13.1. The Morgan fingerprint density at radius 2 is 1.89 bits per heavy atom. The van der Waals surface area contributed by atoms with Crippen LogP contribution in [0, 0.1) is 13.8 Å². The third kappa shape index (κ3) is 2.74. The van der Waals surface area contributed by atoms with Gasteiger partial charge in [0.25, 0.3) is 0 Å². The molecule has 0 fully saturated rings. The largest absolute Gasteiger partial charge is 0.494 e. The maximum atomic E-state index is 6.29. The van der Waals surface area contributed by atoms with Gasteiger partial charge in [-0.05, 0) is 50.1 Å². The Morgan fingerprint density at radius 1 is 1.22 bits per heavy atom. The van der Waals surface area contributed by atoms with Crippen LogP contribution < -0.4 is 10.5 Å². The molecule has 0 aliphatic carbocycles. The van der Waals surface area contributed by atoms with Crippen molar-refractivity contribution in [3.63, 3.8) is 0 Å².